The molecule has 1 aliphatic rings. The van der Waals surface area contributed by atoms with E-state index in [9.17, 15) is 19.2 Å². The molecule has 0 radical (unpaired) electrons. The van der Waals surface area contributed by atoms with E-state index in [4.69, 9.17) is 16.3 Å². The lowest BCUT2D eigenvalue weighted by atomic mass is 10.1. The van der Waals surface area contributed by atoms with Crippen molar-refractivity contribution < 1.29 is 23.9 Å². The number of ether oxygens (including phenoxy) is 1. The summed E-state index contributed by atoms with van der Waals surface area (Å²) in [5, 5.41) is 5.34. The zero-order valence-corrected chi connectivity index (χ0v) is 20.0. The van der Waals surface area contributed by atoms with Gasteiger partial charge >= 0.3 is 5.97 Å². The van der Waals surface area contributed by atoms with Crippen molar-refractivity contribution in [1.82, 2.24) is 0 Å². The van der Waals surface area contributed by atoms with E-state index in [2.05, 4.69) is 10.6 Å². The Hall–Kier alpha value is -4.43. The number of para-hydroxylation sites is 1. The molecule has 0 saturated carbocycles. The van der Waals surface area contributed by atoms with Crippen molar-refractivity contribution in [2.45, 2.75) is 13.3 Å². The minimum atomic E-state index is -0.735. The Labute approximate surface area is 212 Å². The minimum absolute atomic E-state index is 0.138. The molecule has 4 rings (SSSR count). The van der Waals surface area contributed by atoms with Crippen LogP contribution in [0.25, 0.3) is 0 Å². The quantitative estimate of drug-likeness (QED) is 0.333. The molecule has 3 amide bonds. The van der Waals surface area contributed by atoms with Crippen LogP contribution >= 0.6 is 11.6 Å². The third-order valence-electron chi connectivity index (χ3n) is 5.23. The summed E-state index contributed by atoms with van der Waals surface area (Å²) in [7, 11) is 0. The number of carbonyl (C=O) groups is 4. The van der Waals surface area contributed by atoms with Gasteiger partial charge in [0, 0.05) is 16.9 Å². The smallest absolute Gasteiger partial charge is 0.338 e. The first-order valence-corrected chi connectivity index (χ1v) is 11.6. The van der Waals surface area contributed by atoms with Gasteiger partial charge in [0.2, 0.25) is 0 Å². The lowest BCUT2D eigenvalue weighted by molar-refractivity contribution is -0.120. The summed E-state index contributed by atoms with van der Waals surface area (Å²) in [6, 6.07) is 21.4. The van der Waals surface area contributed by atoms with Crippen molar-refractivity contribution in [3.05, 3.63) is 101 Å². The SMILES string of the molecule is CCCOC(=O)c1cccc(N2C(=O)C(Cl)=C(Nc3cccc(C(=O)Nc4ccccc4)c3)C2=O)c1. The number of carbonyl (C=O) groups excluding carboxylic acids is 4. The first-order valence-electron chi connectivity index (χ1n) is 11.2. The second-order valence-electron chi connectivity index (χ2n) is 7.85. The van der Waals surface area contributed by atoms with E-state index in [1.807, 2.05) is 13.0 Å². The number of amides is 3. The molecule has 36 heavy (non-hydrogen) atoms. The fraction of sp³-hybridized carbons (Fsp3) is 0.111. The van der Waals surface area contributed by atoms with Gasteiger partial charge < -0.3 is 15.4 Å². The third-order valence-corrected chi connectivity index (χ3v) is 5.58. The van der Waals surface area contributed by atoms with E-state index in [1.165, 1.54) is 18.2 Å². The van der Waals surface area contributed by atoms with E-state index in [-0.39, 0.29) is 34.5 Å². The molecule has 0 spiro atoms. The molecule has 0 fully saturated rings. The van der Waals surface area contributed by atoms with Gasteiger partial charge in [-0.1, -0.05) is 48.9 Å². The molecule has 0 aromatic heterocycles. The topological polar surface area (TPSA) is 105 Å². The van der Waals surface area contributed by atoms with Crippen LogP contribution in [0, 0.1) is 0 Å². The molecule has 1 heterocycles. The van der Waals surface area contributed by atoms with Crippen LogP contribution in [0.5, 0.6) is 0 Å². The largest absolute Gasteiger partial charge is 0.462 e. The molecule has 1 aliphatic heterocycles. The van der Waals surface area contributed by atoms with Gasteiger partial charge in [0.1, 0.15) is 10.7 Å². The molecule has 3 aromatic carbocycles. The first kappa shape index (κ1) is 24.7. The highest BCUT2D eigenvalue weighted by Crippen LogP contribution is 2.31. The number of nitrogens with one attached hydrogen (secondary N) is 2. The van der Waals surface area contributed by atoms with Crippen LogP contribution in [0.1, 0.15) is 34.1 Å². The number of imide groups is 1. The summed E-state index contributed by atoms with van der Waals surface area (Å²) in [5.41, 5.74) is 1.62. The lowest BCUT2D eigenvalue weighted by Crippen LogP contribution is -2.32. The van der Waals surface area contributed by atoms with Crippen molar-refractivity contribution in [3.63, 3.8) is 0 Å². The Bertz CT molecular complexity index is 1370. The van der Waals surface area contributed by atoms with Crippen LogP contribution in [0.4, 0.5) is 17.1 Å². The molecule has 0 unspecified atom stereocenters. The van der Waals surface area contributed by atoms with Crippen molar-refractivity contribution >= 4 is 52.4 Å². The van der Waals surface area contributed by atoms with Gasteiger partial charge in [-0.2, -0.15) is 0 Å². The summed E-state index contributed by atoms with van der Waals surface area (Å²) < 4.78 is 5.13. The second kappa shape index (κ2) is 10.9. The van der Waals surface area contributed by atoms with Gasteiger partial charge in [-0.05, 0) is 55.0 Å². The molecule has 0 bridgehead atoms. The maximum Gasteiger partial charge on any atom is 0.338 e. The van der Waals surface area contributed by atoms with Gasteiger partial charge in [0.25, 0.3) is 17.7 Å². The fourth-order valence-electron chi connectivity index (χ4n) is 3.50. The fourth-order valence-corrected chi connectivity index (χ4v) is 3.72. The van der Waals surface area contributed by atoms with E-state index >= 15 is 0 Å². The number of esters is 1. The highest BCUT2D eigenvalue weighted by atomic mass is 35.5. The van der Waals surface area contributed by atoms with Gasteiger partial charge in [-0.15, -0.1) is 0 Å². The summed E-state index contributed by atoms with van der Waals surface area (Å²) in [6.45, 7) is 2.13. The predicted molar refractivity (Wildman–Crippen MR) is 137 cm³/mol. The molecular formula is C27H22ClN3O5. The zero-order chi connectivity index (χ0) is 25.7. The molecule has 0 saturated heterocycles. The summed E-state index contributed by atoms with van der Waals surface area (Å²) in [5.74, 6) is -2.32. The third kappa shape index (κ3) is 5.29. The van der Waals surface area contributed by atoms with E-state index in [1.54, 1.807) is 54.6 Å². The van der Waals surface area contributed by atoms with Crippen LogP contribution in [-0.2, 0) is 14.3 Å². The Morgan fingerprint density at radius 3 is 2.31 bits per heavy atom. The Balaban J connectivity index is 1.52. The number of benzene rings is 3. The van der Waals surface area contributed by atoms with Gasteiger partial charge in [-0.25, -0.2) is 9.69 Å². The Kier molecular flexibility index (Phi) is 7.46. The monoisotopic (exact) mass is 503 g/mol. The Morgan fingerprint density at radius 2 is 1.56 bits per heavy atom. The highest BCUT2D eigenvalue weighted by Gasteiger charge is 2.39. The molecule has 3 aromatic rings. The average molecular weight is 504 g/mol. The van der Waals surface area contributed by atoms with Crippen LogP contribution < -0.4 is 15.5 Å². The van der Waals surface area contributed by atoms with Crippen molar-refractivity contribution in [2.24, 2.45) is 0 Å². The van der Waals surface area contributed by atoms with Crippen LogP contribution in [-0.4, -0.2) is 30.3 Å². The molecule has 2 N–H and O–H groups in total. The standard InChI is InChI=1S/C27H22ClN3O5/c1-2-14-36-27(35)18-9-7-13-21(16-18)31-25(33)22(28)23(26(31)34)29-20-12-6-8-17(15-20)24(32)30-19-10-4-3-5-11-19/h3-13,15-16,29H,2,14H2,1H3,(H,30,32). The predicted octanol–water partition coefficient (Wildman–Crippen LogP) is 4.94. The minimum Gasteiger partial charge on any atom is -0.462 e. The van der Waals surface area contributed by atoms with E-state index in [0.717, 1.165) is 4.90 Å². The second-order valence-corrected chi connectivity index (χ2v) is 8.22. The lowest BCUT2D eigenvalue weighted by Gasteiger charge is -2.16. The summed E-state index contributed by atoms with van der Waals surface area (Å²) in [6.07, 6.45) is 0.665. The number of nitrogens with zero attached hydrogens (tertiary/aromatic N) is 1. The van der Waals surface area contributed by atoms with E-state index in [0.29, 0.717) is 23.4 Å². The van der Waals surface area contributed by atoms with Gasteiger partial charge in [0.05, 0.1) is 17.9 Å². The van der Waals surface area contributed by atoms with Crippen LogP contribution in [0.3, 0.4) is 0 Å². The van der Waals surface area contributed by atoms with Crippen LogP contribution in [0.15, 0.2) is 89.6 Å². The van der Waals surface area contributed by atoms with Crippen molar-refractivity contribution in [3.8, 4) is 0 Å². The van der Waals surface area contributed by atoms with Crippen LogP contribution in [0.2, 0.25) is 0 Å². The molecule has 182 valence electrons. The number of rotatable bonds is 8. The molecular weight excluding hydrogens is 482 g/mol. The molecule has 9 heteroatoms. The number of anilines is 3. The maximum absolute atomic E-state index is 13.1. The maximum atomic E-state index is 13.1. The zero-order valence-electron chi connectivity index (χ0n) is 19.3. The summed E-state index contributed by atoms with van der Waals surface area (Å²) >= 11 is 6.23. The molecule has 0 atom stereocenters. The molecule has 0 aliphatic carbocycles. The molecule has 8 nitrogen and oxygen atoms in total. The number of hydrogen-bond donors (Lipinski definition) is 2. The number of hydrogen-bond acceptors (Lipinski definition) is 6. The number of halogens is 1. The van der Waals surface area contributed by atoms with Crippen molar-refractivity contribution in [1.29, 1.82) is 0 Å². The van der Waals surface area contributed by atoms with Gasteiger partial charge in [-0.3, -0.25) is 14.4 Å². The highest BCUT2D eigenvalue weighted by molar-refractivity contribution is 6.53. The first-order chi connectivity index (χ1) is 17.4. The van der Waals surface area contributed by atoms with Crippen molar-refractivity contribution in [2.75, 3.05) is 22.1 Å². The Morgan fingerprint density at radius 1 is 0.861 bits per heavy atom. The van der Waals surface area contributed by atoms with Gasteiger partial charge in [0.15, 0.2) is 0 Å². The van der Waals surface area contributed by atoms with E-state index < -0.39 is 17.8 Å². The average Bonchev–Trinajstić information content (AvgIpc) is 3.11. The normalized spacial score (nSPS) is 13.1. The summed E-state index contributed by atoms with van der Waals surface area (Å²) in [4.78, 5) is 51.7.